The number of quaternary nitrogens is 1. The Kier molecular flexibility index (Phi) is 9.51. The molecule has 0 spiro atoms. The van der Waals surface area contributed by atoms with Crippen molar-refractivity contribution < 1.29 is 27.9 Å². The number of aromatic nitrogens is 3. The molecule has 15 heteroatoms. The maximum atomic E-state index is 14.0. The van der Waals surface area contributed by atoms with Crippen LogP contribution in [-0.4, -0.2) is 89.6 Å². The molecule has 2 aromatic carbocycles. The van der Waals surface area contributed by atoms with Crippen LogP contribution in [0.15, 0.2) is 78.2 Å². The summed E-state index contributed by atoms with van der Waals surface area (Å²) in [6.07, 6.45) is 5.41. The smallest absolute Gasteiger partial charge is 0.313 e. The Morgan fingerprint density at radius 3 is 2.22 bits per heavy atom. The number of nitrogens with zero attached hydrogens (tertiary/aromatic N) is 5. The number of fused-ring (bicyclic) bond motifs is 1. The zero-order valence-corrected chi connectivity index (χ0v) is 26.0. The first-order chi connectivity index (χ1) is 21.5. The molecule has 2 N–H and O–H groups in total. The normalized spacial score (nSPS) is 18.0. The summed E-state index contributed by atoms with van der Waals surface area (Å²) in [5.41, 5.74) is 1.41. The second kappa shape index (κ2) is 13.3. The highest BCUT2D eigenvalue weighted by molar-refractivity contribution is 7.89. The third-order valence-corrected chi connectivity index (χ3v) is 9.69. The van der Waals surface area contributed by atoms with Crippen molar-refractivity contribution in [2.75, 3.05) is 27.2 Å². The number of piperazine rings is 1. The summed E-state index contributed by atoms with van der Waals surface area (Å²) in [6.45, 7) is -0.550. The molecule has 0 bridgehead atoms. The topological polar surface area (TPSA) is 170 Å². The molecule has 13 nitrogen and oxygen atoms in total. The average Bonchev–Trinajstić information content (AvgIpc) is 3.04. The largest absolute Gasteiger partial charge is 0.627 e. The summed E-state index contributed by atoms with van der Waals surface area (Å²) in [5, 5.41) is 15.7. The third kappa shape index (κ3) is 7.00. The molecule has 0 aliphatic carbocycles. The van der Waals surface area contributed by atoms with Gasteiger partial charge in [-0.25, -0.2) is 23.2 Å². The van der Waals surface area contributed by atoms with Gasteiger partial charge in [0.15, 0.2) is 0 Å². The zero-order chi connectivity index (χ0) is 32.3. The van der Waals surface area contributed by atoms with E-state index >= 15 is 0 Å². The number of nitrogens with one attached hydrogen (secondary N) is 2. The number of rotatable bonds is 8. The van der Waals surface area contributed by atoms with Crippen LogP contribution in [0.2, 0.25) is 5.02 Å². The van der Waals surface area contributed by atoms with Crippen LogP contribution in [0.3, 0.4) is 0 Å². The summed E-state index contributed by atoms with van der Waals surface area (Å²) >= 11 is 6.08. The van der Waals surface area contributed by atoms with Gasteiger partial charge in [-0.05, 0) is 52.7 Å². The SMILES string of the molecule is CNC(=O)C[C@@H]1CN(S(=O)(=O)c2ccc3cc(Cl)ccc3c2)C[C@H](CC(=O)[NH+](C)[O-])N1C(=O)c1ncc(-c2ccncc2)cn1. The standard InChI is InChI=1S/C30H30ClN7O6S/c1-32-27(39)13-24-17-37(45(43,44)26-6-4-20-11-23(31)5-3-21(20)12-26)18-25(14-28(40)36(2)42)38(24)30(41)29-34-15-22(16-35-29)19-7-9-33-10-8-19/h3-12,15-16,24-25,36H,13-14,17-18H2,1-2H3,(H,32,39)/t24-,25+/m1/s1. The van der Waals surface area contributed by atoms with Gasteiger partial charge in [0.2, 0.25) is 21.8 Å². The number of carbonyl (C=O) groups excluding carboxylic acids is 3. The molecule has 5 rings (SSSR count). The number of hydroxylamine groups is 2. The van der Waals surface area contributed by atoms with Crippen molar-refractivity contribution in [1.82, 2.24) is 29.5 Å². The first-order valence-electron chi connectivity index (χ1n) is 14.0. The Hall–Kier alpha value is -4.34. The predicted octanol–water partition coefficient (Wildman–Crippen LogP) is 1.29. The van der Waals surface area contributed by atoms with E-state index in [4.69, 9.17) is 11.6 Å². The number of benzene rings is 2. The first kappa shape index (κ1) is 32.1. The zero-order valence-electron chi connectivity index (χ0n) is 24.4. The van der Waals surface area contributed by atoms with Gasteiger partial charge in [-0.2, -0.15) is 4.31 Å². The van der Waals surface area contributed by atoms with Gasteiger partial charge in [0.05, 0.1) is 30.4 Å². The van der Waals surface area contributed by atoms with E-state index < -0.39 is 51.3 Å². The van der Waals surface area contributed by atoms with Crippen molar-refractivity contribution in [2.45, 2.75) is 29.8 Å². The molecular formula is C30H30ClN7O6S. The molecule has 1 unspecified atom stereocenters. The van der Waals surface area contributed by atoms with Crippen LogP contribution in [0.25, 0.3) is 21.9 Å². The van der Waals surface area contributed by atoms with Gasteiger partial charge < -0.3 is 20.5 Å². The summed E-state index contributed by atoms with van der Waals surface area (Å²) in [7, 11) is -1.65. The van der Waals surface area contributed by atoms with Crippen molar-refractivity contribution >= 4 is 50.1 Å². The number of carbonyl (C=O) groups is 3. The van der Waals surface area contributed by atoms with Gasteiger partial charge in [-0.15, -0.1) is 0 Å². The Balaban J connectivity index is 1.52. The van der Waals surface area contributed by atoms with Crippen molar-refractivity contribution in [3.05, 3.63) is 89.4 Å². The molecule has 2 aromatic heterocycles. The summed E-state index contributed by atoms with van der Waals surface area (Å²) in [5.74, 6) is -2.15. The Bertz CT molecular complexity index is 1840. The third-order valence-electron chi connectivity index (χ3n) is 7.63. The number of hydrogen-bond donors (Lipinski definition) is 2. The highest BCUT2D eigenvalue weighted by Crippen LogP contribution is 2.30. The molecule has 3 amide bonds. The van der Waals surface area contributed by atoms with Crippen LogP contribution in [0.4, 0.5) is 0 Å². The van der Waals surface area contributed by atoms with Crippen molar-refractivity contribution in [3.8, 4) is 11.1 Å². The fourth-order valence-corrected chi connectivity index (χ4v) is 7.03. The Morgan fingerprint density at radius 2 is 1.58 bits per heavy atom. The highest BCUT2D eigenvalue weighted by Gasteiger charge is 2.44. The van der Waals surface area contributed by atoms with E-state index in [9.17, 15) is 28.0 Å². The maximum Gasteiger partial charge on any atom is 0.313 e. The molecule has 1 fully saturated rings. The van der Waals surface area contributed by atoms with Crippen LogP contribution < -0.4 is 10.4 Å². The monoisotopic (exact) mass is 651 g/mol. The van der Waals surface area contributed by atoms with E-state index in [2.05, 4.69) is 20.3 Å². The summed E-state index contributed by atoms with van der Waals surface area (Å²) < 4.78 is 29.1. The van der Waals surface area contributed by atoms with Crippen LogP contribution in [-0.2, 0) is 19.6 Å². The molecule has 4 aromatic rings. The minimum Gasteiger partial charge on any atom is -0.627 e. The lowest BCUT2D eigenvalue weighted by Gasteiger charge is -2.45. The second-order valence-electron chi connectivity index (χ2n) is 10.6. The lowest BCUT2D eigenvalue weighted by atomic mass is 10.0. The molecular weight excluding hydrogens is 622 g/mol. The van der Waals surface area contributed by atoms with E-state index in [0.717, 1.165) is 22.3 Å². The average molecular weight is 652 g/mol. The number of hydrogen-bond acceptors (Lipinski definition) is 9. The van der Waals surface area contributed by atoms with Gasteiger partial charge in [0.1, 0.15) is 0 Å². The number of halogens is 1. The van der Waals surface area contributed by atoms with Crippen molar-refractivity contribution in [1.29, 1.82) is 0 Å². The lowest BCUT2D eigenvalue weighted by molar-refractivity contribution is -0.741. The fraction of sp³-hybridized carbons (Fsp3) is 0.267. The van der Waals surface area contributed by atoms with E-state index in [1.54, 1.807) is 48.8 Å². The molecule has 45 heavy (non-hydrogen) atoms. The van der Waals surface area contributed by atoms with Crippen molar-refractivity contribution in [3.63, 3.8) is 0 Å². The molecule has 3 atom stereocenters. The number of pyridine rings is 1. The first-order valence-corrected chi connectivity index (χ1v) is 15.8. The van der Waals surface area contributed by atoms with Gasteiger partial charge in [0, 0.05) is 61.9 Å². The molecule has 0 saturated carbocycles. The summed E-state index contributed by atoms with van der Waals surface area (Å²) in [6, 6.07) is 11.1. The molecule has 234 valence electrons. The Morgan fingerprint density at radius 1 is 0.956 bits per heavy atom. The van der Waals surface area contributed by atoms with Gasteiger partial charge in [-0.3, -0.25) is 14.6 Å². The van der Waals surface area contributed by atoms with Crippen LogP contribution in [0, 0.1) is 5.21 Å². The van der Waals surface area contributed by atoms with Gasteiger partial charge in [-0.1, -0.05) is 23.7 Å². The fourth-order valence-electron chi connectivity index (χ4n) is 5.30. The lowest BCUT2D eigenvalue weighted by Crippen LogP contribution is -3.07. The predicted molar refractivity (Wildman–Crippen MR) is 165 cm³/mol. The summed E-state index contributed by atoms with van der Waals surface area (Å²) in [4.78, 5) is 53.1. The van der Waals surface area contributed by atoms with Crippen LogP contribution in [0.5, 0.6) is 0 Å². The van der Waals surface area contributed by atoms with E-state index in [-0.39, 0.29) is 30.2 Å². The molecule has 3 heterocycles. The van der Waals surface area contributed by atoms with E-state index in [0.29, 0.717) is 16.0 Å². The van der Waals surface area contributed by atoms with Gasteiger partial charge in [0.25, 0.3) is 5.91 Å². The second-order valence-corrected chi connectivity index (χ2v) is 13.0. The van der Waals surface area contributed by atoms with E-state index in [1.807, 2.05) is 0 Å². The molecule has 1 aliphatic rings. The number of amides is 3. The van der Waals surface area contributed by atoms with Crippen LogP contribution in [0.1, 0.15) is 23.5 Å². The molecule has 1 saturated heterocycles. The van der Waals surface area contributed by atoms with Crippen molar-refractivity contribution in [2.24, 2.45) is 0 Å². The van der Waals surface area contributed by atoms with E-state index in [1.165, 1.54) is 36.5 Å². The molecule has 0 radical (unpaired) electrons. The number of sulfonamides is 1. The minimum absolute atomic E-state index is 0.0116. The highest BCUT2D eigenvalue weighted by atomic mass is 35.5. The van der Waals surface area contributed by atoms with Gasteiger partial charge >= 0.3 is 5.91 Å². The Labute approximate surface area is 264 Å². The maximum absolute atomic E-state index is 14.0. The molecule has 1 aliphatic heterocycles. The quantitative estimate of drug-likeness (QED) is 0.267. The van der Waals surface area contributed by atoms with Crippen LogP contribution >= 0.6 is 11.6 Å². The minimum atomic E-state index is -4.18.